The highest BCUT2D eigenvalue weighted by Gasteiger charge is 2.04. The molecule has 1 rings (SSSR count). The van der Waals surface area contributed by atoms with Crippen molar-refractivity contribution in [3.05, 3.63) is 6.07 Å². The van der Waals surface area contributed by atoms with Crippen LogP contribution in [0.4, 0.5) is 0 Å². The van der Waals surface area contributed by atoms with Crippen LogP contribution in [0, 0.1) is 0 Å². The maximum atomic E-state index is 4.86. The summed E-state index contributed by atoms with van der Waals surface area (Å²) in [6.45, 7) is 0. The van der Waals surface area contributed by atoms with Gasteiger partial charge in [0.25, 0.3) is 0 Å². The SMILES string of the molecule is COc1cc(OC)nc(ON)n1. The van der Waals surface area contributed by atoms with E-state index in [4.69, 9.17) is 15.4 Å². The van der Waals surface area contributed by atoms with Crippen molar-refractivity contribution in [1.29, 1.82) is 0 Å². The Morgan fingerprint density at radius 1 is 1.17 bits per heavy atom. The first-order valence-corrected chi connectivity index (χ1v) is 3.14. The van der Waals surface area contributed by atoms with Gasteiger partial charge in [-0.05, 0) is 0 Å². The third-order valence-corrected chi connectivity index (χ3v) is 1.18. The molecule has 66 valence electrons. The van der Waals surface area contributed by atoms with Crippen molar-refractivity contribution < 1.29 is 14.3 Å². The van der Waals surface area contributed by atoms with Crippen LogP contribution in [0.3, 0.4) is 0 Å². The molecule has 0 amide bonds. The lowest BCUT2D eigenvalue weighted by Crippen LogP contribution is -2.07. The zero-order chi connectivity index (χ0) is 8.97. The van der Waals surface area contributed by atoms with Gasteiger partial charge in [-0.1, -0.05) is 0 Å². The molecule has 0 unspecified atom stereocenters. The van der Waals surface area contributed by atoms with E-state index in [9.17, 15) is 0 Å². The summed E-state index contributed by atoms with van der Waals surface area (Å²) >= 11 is 0. The molecule has 0 fully saturated rings. The van der Waals surface area contributed by atoms with Crippen LogP contribution in [0.5, 0.6) is 17.8 Å². The lowest BCUT2D eigenvalue weighted by atomic mass is 10.6. The highest BCUT2D eigenvalue weighted by atomic mass is 16.6. The van der Waals surface area contributed by atoms with Crippen LogP contribution in [-0.4, -0.2) is 24.2 Å². The standard InChI is InChI=1S/C6H9N3O3/c1-10-4-3-5(11-2)9-6(8-4)12-7/h3H,7H2,1-2H3. The molecule has 6 heteroatoms. The Bertz CT molecular complexity index is 211. The van der Waals surface area contributed by atoms with Gasteiger partial charge in [-0.2, -0.15) is 15.9 Å². The molecule has 0 saturated heterocycles. The molecule has 1 heterocycles. The Morgan fingerprint density at radius 3 is 2.00 bits per heavy atom. The first-order chi connectivity index (χ1) is 5.80. The van der Waals surface area contributed by atoms with Crippen LogP contribution in [0.2, 0.25) is 0 Å². The predicted octanol–water partition coefficient (Wildman–Crippen LogP) is -0.254. The fourth-order valence-electron chi connectivity index (χ4n) is 0.646. The minimum Gasteiger partial charge on any atom is -0.481 e. The van der Waals surface area contributed by atoms with E-state index in [1.54, 1.807) is 0 Å². The molecule has 0 spiro atoms. The summed E-state index contributed by atoms with van der Waals surface area (Å²) in [5, 5.41) is 0. The summed E-state index contributed by atoms with van der Waals surface area (Å²) in [6.07, 6.45) is 0. The third-order valence-electron chi connectivity index (χ3n) is 1.18. The Kier molecular flexibility index (Phi) is 2.65. The topological polar surface area (TPSA) is 79.5 Å². The summed E-state index contributed by atoms with van der Waals surface area (Å²) in [5.74, 6) is 5.53. The van der Waals surface area contributed by atoms with Gasteiger partial charge in [0.1, 0.15) is 0 Å². The Morgan fingerprint density at radius 2 is 1.67 bits per heavy atom. The molecule has 0 aliphatic carbocycles. The second-order valence-electron chi connectivity index (χ2n) is 1.85. The number of aromatic nitrogens is 2. The molecular formula is C6H9N3O3. The van der Waals surface area contributed by atoms with Crippen molar-refractivity contribution >= 4 is 0 Å². The summed E-state index contributed by atoms with van der Waals surface area (Å²) in [5.41, 5.74) is 0. The normalized spacial score (nSPS) is 9.25. The predicted molar refractivity (Wildman–Crippen MR) is 40.0 cm³/mol. The average molecular weight is 171 g/mol. The molecule has 0 aromatic carbocycles. The monoisotopic (exact) mass is 171 g/mol. The van der Waals surface area contributed by atoms with Gasteiger partial charge in [-0.3, -0.25) is 0 Å². The first kappa shape index (κ1) is 8.54. The van der Waals surface area contributed by atoms with E-state index in [1.165, 1.54) is 20.3 Å². The van der Waals surface area contributed by atoms with Gasteiger partial charge < -0.3 is 14.3 Å². The summed E-state index contributed by atoms with van der Waals surface area (Å²) in [6, 6.07) is 1.52. The highest BCUT2D eigenvalue weighted by Crippen LogP contribution is 2.17. The zero-order valence-corrected chi connectivity index (χ0v) is 6.77. The van der Waals surface area contributed by atoms with Crippen molar-refractivity contribution in [2.45, 2.75) is 0 Å². The Labute approximate surface area is 69.2 Å². The summed E-state index contributed by atoms with van der Waals surface area (Å²) < 4.78 is 9.66. The van der Waals surface area contributed by atoms with Crippen LogP contribution in [0.1, 0.15) is 0 Å². The highest BCUT2D eigenvalue weighted by molar-refractivity contribution is 5.22. The van der Waals surface area contributed by atoms with Gasteiger partial charge in [0.2, 0.25) is 11.8 Å². The quantitative estimate of drug-likeness (QED) is 0.631. The van der Waals surface area contributed by atoms with Crippen molar-refractivity contribution in [1.82, 2.24) is 9.97 Å². The molecule has 0 aliphatic heterocycles. The lowest BCUT2D eigenvalue weighted by molar-refractivity contribution is 0.285. The Hall–Kier alpha value is -1.56. The van der Waals surface area contributed by atoms with E-state index >= 15 is 0 Å². The molecule has 0 radical (unpaired) electrons. The number of nitrogens with two attached hydrogens (primary N) is 1. The molecule has 2 N–H and O–H groups in total. The maximum Gasteiger partial charge on any atom is 0.342 e. The largest absolute Gasteiger partial charge is 0.481 e. The molecule has 0 bridgehead atoms. The van der Waals surface area contributed by atoms with E-state index in [0.717, 1.165) is 0 Å². The van der Waals surface area contributed by atoms with Crippen molar-refractivity contribution in [2.24, 2.45) is 5.90 Å². The van der Waals surface area contributed by atoms with Crippen LogP contribution >= 0.6 is 0 Å². The maximum absolute atomic E-state index is 4.86. The molecular weight excluding hydrogens is 162 g/mol. The van der Waals surface area contributed by atoms with Crippen LogP contribution in [0.15, 0.2) is 6.07 Å². The molecule has 6 nitrogen and oxygen atoms in total. The minimum absolute atomic E-state index is 0.00574. The molecule has 0 aliphatic rings. The van der Waals surface area contributed by atoms with Gasteiger partial charge in [0.05, 0.1) is 20.3 Å². The molecule has 1 aromatic rings. The van der Waals surface area contributed by atoms with E-state index < -0.39 is 0 Å². The molecule has 0 atom stereocenters. The lowest BCUT2D eigenvalue weighted by Gasteiger charge is -2.03. The van der Waals surface area contributed by atoms with E-state index in [1.807, 2.05) is 0 Å². The molecule has 0 saturated carbocycles. The van der Waals surface area contributed by atoms with Crippen LogP contribution in [-0.2, 0) is 0 Å². The van der Waals surface area contributed by atoms with Gasteiger partial charge in [-0.25, -0.2) is 0 Å². The smallest absolute Gasteiger partial charge is 0.342 e. The fraction of sp³-hybridized carbons (Fsp3) is 0.333. The second kappa shape index (κ2) is 3.72. The number of nitrogens with zero attached hydrogens (tertiary/aromatic N) is 2. The minimum atomic E-state index is 0.00574. The number of hydrogen-bond acceptors (Lipinski definition) is 6. The third kappa shape index (κ3) is 1.73. The van der Waals surface area contributed by atoms with Crippen molar-refractivity contribution in [3.63, 3.8) is 0 Å². The van der Waals surface area contributed by atoms with Gasteiger partial charge in [0, 0.05) is 0 Å². The van der Waals surface area contributed by atoms with Gasteiger partial charge >= 0.3 is 6.01 Å². The number of ether oxygens (including phenoxy) is 2. The van der Waals surface area contributed by atoms with E-state index in [2.05, 4.69) is 14.8 Å². The first-order valence-electron chi connectivity index (χ1n) is 3.14. The Balaban J connectivity index is 3.01. The van der Waals surface area contributed by atoms with Crippen molar-refractivity contribution in [3.8, 4) is 17.8 Å². The summed E-state index contributed by atoms with van der Waals surface area (Å²) in [4.78, 5) is 11.8. The second-order valence-corrected chi connectivity index (χ2v) is 1.85. The average Bonchev–Trinajstić information content (AvgIpc) is 2.16. The number of hydrogen-bond donors (Lipinski definition) is 1. The molecule has 1 aromatic heterocycles. The van der Waals surface area contributed by atoms with E-state index in [-0.39, 0.29) is 6.01 Å². The summed E-state index contributed by atoms with van der Waals surface area (Å²) in [7, 11) is 2.95. The van der Waals surface area contributed by atoms with Gasteiger partial charge in [0.15, 0.2) is 0 Å². The molecule has 12 heavy (non-hydrogen) atoms. The van der Waals surface area contributed by atoms with Crippen LogP contribution < -0.4 is 20.2 Å². The fourth-order valence-corrected chi connectivity index (χ4v) is 0.646. The zero-order valence-electron chi connectivity index (χ0n) is 6.77. The van der Waals surface area contributed by atoms with Crippen molar-refractivity contribution in [2.75, 3.05) is 14.2 Å². The van der Waals surface area contributed by atoms with Crippen LogP contribution in [0.25, 0.3) is 0 Å². The van der Waals surface area contributed by atoms with Gasteiger partial charge in [-0.15, -0.1) is 0 Å². The number of methoxy groups -OCH3 is 2. The number of rotatable bonds is 3. The van der Waals surface area contributed by atoms with E-state index in [0.29, 0.717) is 11.8 Å².